The molecule has 0 saturated heterocycles. The van der Waals surface area contributed by atoms with Crippen molar-refractivity contribution < 1.29 is 14.9 Å². The van der Waals surface area contributed by atoms with Gasteiger partial charge in [0.15, 0.2) is 6.29 Å². The highest BCUT2D eigenvalue weighted by Crippen LogP contribution is 2.44. The lowest BCUT2D eigenvalue weighted by Gasteiger charge is -2.31. The first-order valence-electron chi connectivity index (χ1n) is 13.0. The second-order valence-electron chi connectivity index (χ2n) is 11.4. The van der Waals surface area contributed by atoms with Crippen LogP contribution in [0, 0.1) is 5.41 Å². The number of phenols is 1. The maximum atomic E-state index is 11.4. The van der Waals surface area contributed by atoms with Gasteiger partial charge in [-0.05, 0) is 54.3 Å². The van der Waals surface area contributed by atoms with Crippen molar-refractivity contribution >= 4 is 22.7 Å². The number of fused-ring (bicyclic) bond motifs is 1. The summed E-state index contributed by atoms with van der Waals surface area (Å²) in [5.74, 6) is 0.232. The van der Waals surface area contributed by atoms with Crippen molar-refractivity contribution in [3.63, 3.8) is 0 Å². The molecule has 0 aliphatic heterocycles. The lowest BCUT2D eigenvalue weighted by molar-refractivity contribution is -0.161. The van der Waals surface area contributed by atoms with Crippen LogP contribution in [0.3, 0.4) is 0 Å². The van der Waals surface area contributed by atoms with E-state index in [0.717, 1.165) is 38.2 Å². The zero-order valence-electron chi connectivity index (χ0n) is 23.0. The van der Waals surface area contributed by atoms with Crippen molar-refractivity contribution in [2.75, 3.05) is 6.61 Å². The van der Waals surface area contributed by atoms with E-state index in [9.17, 15) is 15.0 Å². The van der Waals surface area contributed by atoms with Gasteiger partial charge in [0.1, 0.15) is 5.75 Å². The molecular formula is C31H38N2O4S. The normalized spacial score (nSPS) is 13.2. The smallest absolute Gasteiger partial charge is 0.247 e. The Kier molecular flexibility index (Phi) is 8.12. The number of pyridine rings is 1. The molecule has 2 heterocycles. The fraction of sp³-hybridized carbons (Fsp3) is 0.387. The molecule has 0 spiro atoms. The number of phenolic OH excluding ortho intramolecular Hbond substituents is 1. The molecule has 2 aromatic carbocycles. The molecule has 0 radical (unpaired) electrons. The average molecular weight is 535 g/mol. The SMILES string of the molecule is CCOC(O)C(C)(C)Cc1c(SC(C)(C)C)c2cc(O)ccc2n1Cc1ccc(-c2ccc(=O)[nH]c2)cc1. The summed E-state index contributed by atoms with van der Waals surface area (Å²) in [5.41, 5.74) is 4.59. The van der Waals surface area contributed by atoms with Crippen LogP contribution in [0.1, 0.15) is 52.8 Å². The zero-order chi connectivity index (χ0) is 27.7. The summed E-state index contributed by atoms with van der Waals surface area (Å²) in [5, 5.41) is 22.2. The number of thioether (sulfide) groups is 1. The molecule has 0 aliphatic carbocycles. The summed E-state index contributed by atoms with van der Waals surface area (Å²) in [6.45, 7) is 13.6. The number of rotatable bonds is 9. The molecule has 7 heteroatoms. The van der Waals surface area contributed by atoms with Crippen molar-refractivity contribution in [2.24, 2.45) is 5.41 Å². The minimum absolute atomic E-state index is 0.0553. The summed E-state index contributed by atoms with van der Waals surface area (Å²) >= 11 is 1.78. The van der Waals surface area contributed by atoms with E-state index >= 15 is 0 Å². The van der Waals surface area contributed by atoms with Crippen LogP contribution in [0.5, 0.6) is 5.75 Å². The van der Waals surface area contributed by atoms with Crippen LogP contribution in [0.2, 0.25) is 0 Å². The molecule has 0 amide bonds. The molecule has 2 aromatic heterocycles. The predicted octanol–water partition coefficient (Wildman–Crippen LogP) is 6.56. The van der Waals surface area contributed by atoms with Gasteiger partial charge in [0, 0.05) is 57.1 Å². The Morgan fingerprint density at radius 2 is 1.68 bits per heavy atom. The summed E-state index contributed by atoms with van der Waals surface area (Å²) in [7, 11) is 0. The molecule has 4 rings (SSSR count). The molecule has 202 valence electrons. The molecule has 0 aliphatic rings. The van der Waals surface area contributed by atoms with Gasteiger partial charge in [-0.2, -0.15) is 0 Å². The van der Waals surface area contributed by atoms with Gasteiger partial charge >= 0.3 is 0 Å². The fourth-order valence-electron chi connectivity index (χ4n) is 4.62. The van der Waals surface area contributed by atoms with Gasteiger partial charge < -0.3 is 24.5 Å². The largest absolute Gasteiger partial charge is 0.508 e. The number of aromatic nitrogens is 2. The maximum Gasteiger partial charge on any atom is 0.247 e. The molecule has 4 aromatic rings. The van der Waals surface area contributed by atoms with Crippen molar-refractivity contribution in [3.05, 3.63) is 82.4 Å². The third-order valence-electron chi connectivity index (χ3n) is 6.54. The van der Waals surface area contributed by atoms with Gasteiger partial charge in [0.25, 0.3) is 0 Å². The van der Waals surface area contributed by atoms with E-state index in [1.165, 1.54) is 6.07 Å². The molecule has 1 unspecified atom stereocenters. The highest BCUT2D eigenvalue weighted by Gasteiger charge is 2.33. The van der Waals surface area contributed by atoms with Gasteiger partial charge in [-0.3, -0.25) is 4.79 Å². The molecule has 1 atom stereocenters. The Hall–Kier alpha value is -3.00. The number of hydrogen-bond acceptors (Lipinski definition) is 5. The fourth-order valence-corrected chi connectivity index (χ4v) is 5.80. The molecular weight excluding hydrogens is 496 g/mol. The molecule has 0 bridgehead atoms. The lowest BCUT2D eigenvalue weighted by Crippen LogP contribution is -2.34. The number of hydrogen-bond donors (Lipinski definition) is 3. The van der Waals surface area contributed by atoms with E-state index in [4.69, 9.17) is 4.74 Å². The van der Waals surface area contributed by atoms with Crippen LogP contribution < -0.4 is 5.56 Å². The molecule has 6 nitrogen and oxygen atoms in total. The van der Waals surface area contributed by atoms with Crippen LogP contribution in [0.15, 0.2) is 70.5 Å². The van der Waals surface area contributed by atoms with Crippen molar-refractivity contribution in [1.82, 2.24) is 9.55 Å². The number of benzene rings is 2. The van der Waals surface area contributed by atoms with Gasteiger partial charge in [-0.25, -0.2) is 0 Å². The Bertz CT molecular complexity index is 1440. The number of aliphatic hydroxyl groups is 1. The third-order valence-corrected chi connectivity index (χ3v) is 7.81. The van der Waals surface area contributed by atoms with E-state index in [-0.39, 0.29) is 16.1 Å². The van der Waals surface area contributed by atoms with Crippen molar-refractivity contribution in [3.8, 4) is 16.9 Å². The highest BCUT2D eigenvalue weighted by molar-refractivity contribution is 8.00. The van der Waals surface area contributed by atoms with Crippen LogP contribution >= 0.6 is 11.8 Å². The summed E-state index contributed by atoms with van der Waals surface area (Å²) < 4.78 is 7.86. The summed E-state index contributed by atoms with van der Waals surface area (Å²) in [4.78, 5) is 15.3. The lowest BCUT2D eigenvalue weighted by atomic mass is 9.86. The molecule has 38 heavy (non-hydrogen) atoms. The van der Waals surface area contributed by atoms with E-state index in [2.05, 4.69) is 54.6 Å². The van der Waals surface area contributed by atoms with E-state index in [1.807, 2.05) is 39.0 Å². The second-order valence-corrected chi connectivity index (χ2v) is 13.2. The van der Waals surface area contributed by atoms with Crippen LogP contribution in [-0.4, -0.2) is 37.4 Å². The number of ether oxygens (including phenoxy) is 1. The Labute approximate surface area is 228 Å². The minimum Gasteiger partial charge on any atom is -0.508 e. The highest BCUT2D eigenvalue weighted by atomic mass is 32.2. The van der Waals surface area contributed by atoms with Gasteiger partial charge in [-0.15, -0.1) is 11.8 Å². The van der Waals surface area contributed by atoms with E-state index in [0.29, 0.717) is 19.6 Å². The number of nitrogens with one attached hydrogen (secondary N) is 1. The monoisotopic (exact) mass is 534 g/mol. The maximum absolute atomic E-state index is 11.4. The number of H-pyrrole nitrogens is 1. The summed E-state index contributed by atoms with van der Waals surface area (Å²) in [6.07, 6.45) is 1.41. The van der Waals surface area contributed by atoms with Gasteiger partial charge in [-0.1, -0.05) is 58.9 Å². The number of aromatic hydroxyl groups is 1. The number of aromatic amines is 1. The predicted molar refractivity (Wildman–Crippen MR) is 156 cm³/mol. The second kappa shape index (κ2) is 11.0. The first-order chi connectivity index (χ1) is 17.9. The Morgan fingerprint density at radius 1 is 1.00 bits per heavy atom. The zero-order valence-corrected chi connectivity index (χ0v) is 23.9. The van der Waals surface area contributed by atoms with Crippen LogP contribution in [-0.2, 0) is 17.7 Å². The van der Waals surface area contributed by atoms with E-state index in [1.54, 1.807) is 24.0 Å². The first-order valence-corrected chi connectivity index (χ1v) is 13.8. The standard InChI is InChI=1S/C31H38N2O4S/c1-7-37-29(36)31(5,6)17-26-28(38-30(2,3)4)24-16-23(34)13-14-25(24)33(26)19-20-8-10-21(11-9-20)22-12-15-27(35)32-18-22/h8-16,18,29,34,36H,7,17,19H2,1-6H3,(H,32,35). The number of aliphatic hydroxyl groups excluding tert-OH is 1. The van der Waals surface area contributed by atoms with Gasteiger partial charge in [0.05, 0.1) is 0 Å². The first kappa shape index (κ1) is 28.0. The topological polar surface area (TPSA) is 87.5 Å². The molecule has 0 saturated carbocycles. The third kappa shape index (κ3) is 6.34. The number of nitrogens with zero attached hydrogens (tertiary/aromatic N) is 1. The van der Waals surface area contributed by atoms with Crippen LogP contribution in [0.4, 0.5) is 0 Å². The van der Waals surface area contributed by atoms with Gasteiger partial charge in [0.2, 0.25) is 5.56 Å². The minimum atomic E-state index is -0.906. The summed E-state index contributed by atoms with van der Waals surface area (Å²) in [6, 6.07) is 17.2. The molecule has 3 N–H and O–H groups in total. The Balaban J connectivity index is 1.81. The van der Waals surface area contributed by atoms with Crippen molar-refractivity contribution in [2.45, 2.75) is 70.4 Å². The van der Waals surface area contributed by atoms with E-state index < -0.39 is 11.7 Å². The Morgan fingerprint density at radius 3 is 2.29 bits per heavy atom. The van der Waals surface area contributed by atoms with Crippen LogP contribution in [0.25, 0.3) is 22.0 Å². The van der Waals surface area contributed by atoms with Crippen molar-refractivity contribution in [1.29, 1.82) is 0 Å². The average Bonchev–Trinajstić information content (AvgIpc) is 3.10. The molecule has 0 fully saturated rings. The quantitative estimate of drug-likeness (QED) is 0.167.